The Bertz CT molecular complexity index is 564. The number of benzene rings is 2. The quantitative estimate of drug-likeness (QED) is 0.670. The fraction of sp³-hybridized carbons (Fsp3) is 0.125. The molecular weight excluding hydrogens is 228 g/mol. The summed E-state index contributed by atoms with van der Waals surface area (Å²) in [5.74, 6) is 0. The van der Waals surface area contributed by atoms with Gasteiger partial charge in [-0.05, 0) is 47.2 Å². The van der Waals surface area contributed by atoms with Gasteiger partial charge < -0.3 is 0 Å². The molecule has 2 aromatic carbocycles. The van der Waals surface area contributed by atoms with Gasteiger partial charge >= 0.3 is 0 Å². The van der Waals surface area contributed by atoms with Crippen molar-refractivity contribution in [3.05, 3.63) is 70.2 Å². The monoisotopic (exact) mass is 240 g/mol. The lowest BCUT2D eigenvalue weighted by Gasteiger charge is -2.16. The Kier molecular flexibility index (Phi) is 2.74. The van der Waals surface area contributed by atoms with Crippen molar-refractivity contribution in [3.8, 4) is 0 Å². The standard InChI is InChI=1S/C16H13Cl/c17-16-9-7-13(8-10-16)15-6-5-12-3-1-2-4-14(12)11-15/h1-4,7-11H,5-6H2. The average molecular weight is 241 g/mol. The third-order valence-electron chi connectivity index (χ3n) is 3.26. The van der Waals surface area contributed by atoms with E-state index in [9.17, 15) is 0 Å². The number of hydrogen-bond acceptors (Lipinski definition) is 0. The highest BCUT2D eigenvalue weighted by Crippen LogP contribution is 2.30. The summed E-state index contributed by atoms with van der Waals surface area (Å²) in [5, 5.41) is 0.797. The van der Waals surface area contributed by atoms with Gasteiger partial charge in [0.2, 0.25) is 0 Å². The van der Waals surface area contributed by atoms with Gasteiger partial charge in [-0.3, -0.25) is 0 Å². The molecular formula is C16H13Cl. The van der Waals surface area contributed by atoms with E-state index in [2.05, 4.69) is 42.5 Å². The Labute approximate surface area is 107 Å². The molecule has 2 aromatic rings. The molecule has 0 spiro atoms. The summed E-state index contributed by atoms with van der Waals surface area (Å²) in [4.78, 5) is 0. The van der Waals surface area contributed by atoms with Crippen LogP contribution in [0.2, 0.25) is 5.02 Å². The molecule has 0 saturated carbocycles. The predicted octanol–water partition coefficient (Wildman–Crippen LogP) is 4.83. The van der Waals surface area contributed by atoms with Crippen molar-refractivity contribution >= 4 is 23.3 Å². The maximum absolute atomic E-state index is 5.91. The van der Waals surface area contributed by atoms with E-state index in [0.717, 1.165) is 17.9 Å². The fourth-order valence-electron chi connectivity index (χ4n) is 2.32. The largest absolute Gasteiger partial charge is 0.0843 e. The smallest absolute Gasteiger partial charge is 0.0406 e. The van der Waals surface area contributed by atoms with Crippen LogP contribution in [0.15, 0.2) is 48.5 Å². The normalized spacial score (nSPS) is 14.1. The van der Waals surface area contributed by atoms with E-state index in [1.54, 1.807) is 0 Å². The summed E-state index contributed by atoms with van der Waals surface area (Å²) in [7, 11) is 0. The molecule has 84 valence electrons. The van der Waals surface area contributed by atoms with Crippen LogP contribution in [0.3, 0.4) is 0 Å². The first kappa shape index (κ1) is 10.6. The van der Waals surface area contributed by atoms with Crippen molar-refractivity contribution in [2.45, 2.75) is 12.8 Å². The number of fused-ring (bicyclic) bond motifs is 1. The summed E-state index contributed by atoms with van der Waals surface area (Å²) < 4.78 is 0. The molecule has 0 saturated heterocycles. The summed E-state index contributed by atoms with van der Waals surface area (Å²) in [6, 6.07) is 16.7. The minimum Gasteiger partial charge on any atom is -0.0843 e. The van der Waals surface area contributed by atoms with Gasteiger partial charge in [-0.2, -0.15) is 0 Å². The molecule has 0 heterocycles. The van der Waals surface area contributed by atoms with E-state index in [-0.39, 0.29) is 0 Å². The first-order valence-electron chi connectivity index (χ1n) is 5.87. The highest BCUT2D eigenvalue weighted by molar-refractivity contribution is 6.30. The second-order valence-electron chi connectivity index (χ2n) is 4.38. The van der Waals surface area contributed by atoms with Crippen LogP contribution in [0.4, 0.5) is 0 Å². The molecule has 0 unspecified atom stereocenters. The van der Waals surface area contributed by atoms with E-state index in [1.807, 2.05) is 12.1 Å². The Morgan fingerprint density at radius 2 is 1.59 bits per heavy atom. The molecule has 0 atom stereocenters. The zero-order valence-corrected chi connectivity index (χ0v) is 10.2. The molecule has 0 radical (unpaired) electrons. The SMILES string of the molecule is Clc1ccc(C2=Cc3ccccc3CC2)cc1. The molecule has 0 N–H and O–H groups in total. The fourth-order valence-corrected chi connectivity index (χ4v) is 2.45. The lowest BCUT2D eigenvalue weighted by atomic mass is 9.89. The van der Waals surface area contributed by atoms with Gasteiger partial charge in [0, 0.05) is 5.02 Å². The number of hydrogen-bond donors (Lipinski definition) is 0. The van der Waals surface area contributed by atoms with Gasteiger partial charge in [-0.1, -0.05) is 54.1 Å². The maximum atomic E-state index is 5.91. The molecule has 1 heteroatoms. The highest BCUT2D eigenvalue weighted by Gasteiger charge is 2.10. The average Bonchev–Trinajstić information content (AvgIpc) is 2.39. The second kappa shape index (κ2) is 4.38. The van der Waals surface area contributed by atoms with Crippen LogP contribution in [0.1, 0.15) is 23.1 Å². The Hall–Kier alpha value is -1.53. The van der Waals surface area contributed by atoms with Crippen LogP contribution in [0.5, 0.6) is 0 Å². The van der Waals surface area contributed by atoms with E-state index < -0.39 is 0 Å². The molecule has 1 aliphatic carbocycles. The first-order chi connectivity index (χ1) is 8.33. The summed E-state index contributed by atoms with van der Waals surface area (Å²) >= 11 is 5.91. The van der Waals surface area contributed by atoms with E-state index in [1.165, 1.54) is 22.3 Å². The molecule has 1 aliphatic rings. The van der Waals surface area contributed by atoms with Gasteiger partial charge in [-0.15, -0.1) is 0 Å². The van der Waals surface area contributed by atoms with E-state index in [0.29, 0.717) is 0 Å². The minimum absolute atomic E-state index is 0.797. The van der Waals surface area contributed by atoms with E-state index in [4.69, 9.17) is 11.6 Å². The van der Waals surface area contributed by atoms with Gasteiger partial charge in [0.25, 0.3) is 0 Å². The minimum atomic E-state index is 0.797. The molecule has 17 heavy (non-hydrogen) atoms. The molecule has 0 bridgehead atoms. The van der Waals surface area contributed by atoms with Gasteiger partial charge in [0.05, 0.1) is 0 Å². The van der Waals surface area contributed by atoms with Crippen LogP contribution in [0.25, 0.3) is 11.6 Å². The lowest BCUT2D eigenvalue weighted by Crippen LogP contribution is -1.98. The third-order valence-corrected chi connectivity index (χ3v) is 3.52. The first-order valence-corrected chi connectivity index (χ1v) is 6.25. The zero-order chi connectivity index (χ0) is 11.7. The summed E-state index contributed by atoms with van der Waals surface area (Å²) in [6.45, 7) is 0. The zero-order valence-electron chi connectivity index (χ0n) is 9.49. The highest BCUT2D eigenvalue weighted by atomic mass is 35.5. The predicted molar refractivity (Wildman–Crippen MR) is 74.1 cm³/mol. The topological polar surface area (TPSA) is 0 Å². The summed E-state index contributed by atoms with van der Waals surface area (Å²) in [6.07, 6.45) is 4.53. The Morgan fingerprint density at radius 3 is 2.41 bits per heavy atom. The summed E-state index contributed by atoms with van der Waals surface area (Å²) in [5.41, 5.74) is 5.48. The van der Waals surface area contributed by atoms with Crippen molar-refractivity contribution in [3.63, 3.8) is 0 Å². The molecule has 3 rings (SSSR count). The van der Waals surface area contributed by atoms with Gasteiger partial charge in [-0.25, -0.2) is 0 Å². The van der Waals surface area contributed by atoms with Crippen molar-refractivity contribution in [1.82, 2.24) is 0 Å². The number of aryl methyl sites for hydroxylation is 1. The van der Waals surface area contributed by atoms with Gasteiger partial charge in [0.15, 0.2) is 0 Å². The number of allylic oxidation sites excluding steroid dienone is 1. The molecule has 0 aliphatic heterocycles. The second-order valence-corrected chi connectivity index (χ2v) is 4.81. The number of halogens is 1. The lowest BCUT2D eigenvalue weighted by molar-refractivity contribution is 1.00. The van der Waals surface area contributed by atoms with E-state index >= 15 is 0 Å². The Balaban J connectivity index is 2.01. The molecule has 0 fully saturated rings. The van der Waals surface area contributed by atoms with Crippen molar-refractivity contribution < 1.29 is 0 Å². The van der Waals surface area contributed by atoms with Crippen LogP contribution >= 0.6 is 11.6 Å². The van der Waals surface area contributed by atoms with Crippen LogP contribution < -0.4 is 0 Å². The van der Waals surface area contributed by atoms with Crippen molar-refractivity contribution in [1.29, 1.82) is 0 Å². The van der Waals surface area contributed by atoms with Crippen molar-refractivity contribution in [2.75, 3.05) is 0 Å². The van der Waals surface area contributed by atoms with Gasteiger partial charge in [0.1, 0.15) is 0 Å². The van der Waals surface area contributed by atoms with Crippen LogP contribution in [0, 0.1) is 0 Å². The van der Waals surface area contributed by atoms with Crippen LogP contribution in [-0.4, -0.2) is 0 Å². The number of rotatable bonds is 1. The van der Waals surface area contributed by atoms with Crippen LogP contribution in [-0.2, 0) is 6.42 Å². The maximum Gasteiger partial charge on any atom is 0.0406 e. The third kappa shape index (κ3) is 2.13. The molecule has 0 amide bonds. The molecule has 0 nitrogen and oxygen atoms in total. The van der Waals surface area contributed by atoms with Crippen molar-refractivity contribution in [2.24, 2.45) is 0 Å². The molecule has 0 aromatic heterocycles. The Morgan fingerprint density at radius 1 is 0.824 bits per heavy atom.